The van der Waals surface area contributed by atoms with E-state index in [0.717, 1.165) is 16.7 Å². The number of amides is 1. The van der Waals surface area contributed by atoms with E-state index in [1.807, 2.05) is 43.3 Å². The molecule has 27 heavy (non-hydrogen) atoms. The van der Waals surface area contributed by atoms with Gasteiger partial charge in [0.2, 0.25) is 0 Å². The summed E-state index contributed by atoms with van der Waals surface area (Å²) in [5, 5.41) is 2.75. The number of hydrogen-bond acceptors (Lipinski definition) is 5. The maximum atomic E-state index is 12.2. The van der Waals surface area contributed by atoms with Gasteiger partial charge in [0.05, 0.1) is 20.6 Å². The van der Waals surface area contributed by atoms with Crippen LogP contribution in [-0.2, 0) is 27.3 Å². The summed E-state index contributed by atoms with van der Waals surface area (Å²) < 4.78 is 15.7. The van der Waals surface area contributed by atoms with Crippen molar-refractivity contribution in [2.45, 2.75) is 32.9 Å². The van der Waals surface area contributed by atoms with Gasteiger partial charge in [0.25, 0.3) is 5.91 Å². The second-order valence-electron chi connectivity index (χ2n) is 6.14. The molecule has 144 valence electrons. The Morgan fingerprint density at radius 2 is 1.74 bits per heavy atom. The maximum absolute atomic E-state index is 12.2. The van der Waals surface area contributed by atoms with Gasteiger partial charge in [-0.2, -0.15) is 0 Å². The van der Waals surface area contributed by atoms with Crippen molar-refractivity contribution in [1.82, 2.24) is 5.32 Å². The zero-order chi connectivity index (χ0) is 19.8. The van der Waals surface area contributed by atoms with Crippen LogP contribution >= 0.6 is 0 Å². The Labute approximate surface area is 159 Å². The summed E-state index contributed by atoms with van der Waals surface area (Å²) in [4.78, 5) is 24.3. The van der Waals surface area contributed by atoms with Crippen molar-refractivity contribution in [3.63, 3.8) is 0 Å². The van der Waals surface area contributed by atoms with E-state index in [-0.39, 0.29) is 12.3 Å². The second-order valence-corrected chi connectivity index (χ2v) is 6.14. The molecule has 2 aromatic carbocycles. The molecule has 0 aromatic heterocycles. The van der Waals surface area contributed by atoms with Crippen LogP contribution in [0.25, 0.3) is 0 Å². The Kier molecular flexibility index (Phi) is 7.23. The van der Waals surface area contributed by atoms with Crippen LogP contribution < -0.4 is 14.8 Å². The average Bonchev–Trinajstić information content (AvgIpc) is 2.67. The molecule has 2 aromatic rings. The van der Waals surface area contributed by atoms with Gasteiger partial charge < -0.3 is 19.5 Å². The Morgan fingerprint density at radius 3 is 2.44 bits per heavy atom. The molecule has 6 heteroatoms. The first-order valence-electron chi connectivity index (χ1n) is 8.67. The lowest BCUT2D eigenvalue weighted by Crippen LogP contribution is -2.35. The fraction of sp³-hybridized carbons (Fsp3) is 0.333. The van der Waals surface area contributed by atoms with E-state index in [0.29, 0.717) is 18.0 Å². The molecule has 1 amide bonds. The molecule has 0 aliphatic rings. The van der Waals surface area contributed by atoms with E-state index in [9.17, 15) is 9.59 Å². The molecular weight excluding hydrogens is 346 g/mol. The molecule has 0 aliphatic carbocycles. The summed E-state index contributed by atoms with van der Waals surface area (Å²) in [5.74, 6) is 0.565. The van der Waals surface area contributed by atoms with Gasteiger partial charge in [-0.15, -0.1) is 0 Å². The number of methoxy groups -OCH3 is 2. The first-order chi connectivity index (χ1) is 12.9. The molecule has 0 unspecified atom stereocenters. The molecular formula is C21H25NO5. The quantitative estimate of drug-likeness (QED) is 0.723. The van der Waals surface area contributed by atoms with Crippen molar-refractivity contribution in [2.24, 2.45) is 0 Å². The van der Waals surface area contributed by atoms with Crippen molar-refractivity contribution in [2.75, 3.05) is 14.2 Å². The van der Waals surface area contributed by atoms with E-state index in [1.165, 1.54) is 0 Å². The monoisotopic (exact) mass is 371 g/mol. The number of hydrogen-bond donors (Lipinski definition) is 1. The predicted molar refractivity (Wildman–Crippen MR) is 102 cm³/mol. The van der Waals surface area contributed by atoms with Crippen LogP contribution in [0.5, 0.6) is 11.5 Å². The van der Waals surface area contributed by atoms with Crippen LogP contribution in [-0.4, -0.2) is 32.2 Å². The highest BCUT2D eigenvalue weighted by Gasteiger charge is 2.18. The molecule has 0 fully saturated rings. The summed E-state index contributed by atoms with van der Waals surface area (Å²) >= 11 is 0. The maximum Gasteiger partial charge on any atom is 0.311 e. The smallest absolute Gasteiger partial charge is 0.311 e. The molecule has 0 radical (unpaired) electrons. The lowest BCUT2D eigenvalue weighted by Gasteiger charge is -2.15. The third-order valence-corrected chi connectivity index (χ3v) is 4.14. The van der Waals surface area contributed by atoms with Crippen LogP contribution in [0.3, 0.4) is 0 Å². The average molecular weight is 371 g/mol. The van der Waals surface area contributed by atoms with Gasteiger partial charge in [-0.05, 0) is 37.1 Å². The fourth-order valence-corrected chi connectivity index (χ4v) is 2.61. The second kappa shape index (κ2) is 9.62. The van der Waals surface area contributed by atoms with E-state index in [4.69, 9.17) is 14.2 Å². The van der Waals surface area contributed by atoms with Gasteiger partial charge in [0.15, 0.2) is 6.10 Å². The van der Waals surface area contributed by atoms with Crippen molar-refractivity contribution in [3.8, 4) is 11.5 Å². The van der Waals surface area contributed by atoms with Gasteiger partial charge in [-0.1, -0.05) is 30.3 Å². The largest absolute Gasteiger partial charge is 0.496 e. The first-order valence-corrected chi connectivity index (χ1v) is 8.67. The van der Waals surface area contributed by atoms with Crippen LogP contribution in [0, 0.1) is 6.92 Å². The van der Waals surface area contributed by atoms with Crippen molar-refractivity contribution >= 4 is 11.9 Å². The minimum atomic E-state index is -0.889. The van der Waals surface area contributed by atoms with Gasteiger partial charge in [-0.3, -0.25) is 9.59 Å². The molecule has 0 bridgehead atoms. The predicted octanol–water partition coefficient (Wildman–Crippen LogP) is 2.80. The molecule has 0 saturated carbocycles. The topological polar surface area (TPSA) is 73.9 Å². The molecule has 1 atom stereocenters. The molecule has 2 rings (SSSR count). The third kappa shape index (κ3) is 5.74. The Bertz CT molecular complexity index is 803. The number of aryl methyl sites for hydroxylation is 1. The molecule has 1 N–H and O–H groups in total. The lowest BCUT2D eigenvalue weighted by molar-refractivity contribution is -0.154. The highest BCUT2D eigenvalue weighted by molar-refractivity contribution is 5.84. The van der Waals surface area contributed by atoms with Crippen LogP contribution in [0.15, 0.2) is 42.5 Å². The Balaban J connectivity index is 1.87. The van der Waals surface area contributed by atoms with Gasteiger partial charge in [0.1, 0.15) is 11.5 Å². The van der Waals surface area contributed by atoms with Gasteiger partial charge in [0, 0.05) is 12.1 Å². The number of carbonyl (C=O) groups excluding carboxylic acids is 2. The normalized spacial score (nSPS) is 11.4. The highest BCUT2D eigenvalue weighted by Crippen LogP contribution is 2.20. The summed E-state index contributed by atoms with van der Waals surface area (Å²) in [5.41, 5.74) is 2.60. The van der Waals surface area contributed by atoms with Crippen molar-refractivity contribution < 1.29 is 23.8 Å². The minimum absolute atomic E-state index is 0.0702. The first kappa shape index (κ1) is 20.3. The number of ether oxygens (including phenoxy) is 3. The summed E-state index contributed by atoms with van der Waals surface area (Å²) in [7, 11) is 3.16. The molecule has 6 nitrogen and oxygen atoms in total. The Hall–Kier alpha value is -3.02. The molecule has 0 heterocycles. The zero-order valence-corrected chi connectivity index (χ0v) is 16.1. The number of para-hydroxylation sites is 1. The zero-order valence-electron chi connectivity index (χ0n) is 16.1. The van der Waals surface area contributed by atoms with E-state index >= 15 is 0 Å². The number of rotatable bonds is 8. The third-order valence-electron chi connectivity index (χ3n) is 4.14. The lowest BCUT2D eigenvalue weighted by atomic mass is 10.1. The van der Waals surface area contributed by atoms with E-state index < -0.39 is 12.1 Å². The summed E-state index contributed by atoms with van der Waals surface area (Å²) in [6.45, 7) is 3.76. The van der Waals surface area contributed by atoms with E-state index in [1.54, 1.807) is 27.2 Å². The van der Waals surface area contributed by atoms with E-state index in [2.05, 4.69) is 5.32 Å². The standard InChI is InChI=1S/C21H25NO5/c1-14-9-10-16(11-19(14)26-4)12-20(23)27-15(2)21(24)22-13-17-7-5-6-8-18(17)25-3/h5-11,15H,12-13H2,1-4H3,(H,22,24)/t15-/m0/s1. The summed E-state index contributed by atoms with van der Waals surface area (Å²) in [6.07, 6.45) is -0.819. The van der Waals surface area contributed by atoms with Crippen LogP contribution in [0.4, 0.5) is 0 Å². The molecule has 0 saturated heterocycles. The van der Waals surface area contributed by atoms with Crippen LogP contribution in [0.2, 0.25) is 0 Å². The molecule has 0 aliphatic heterocycles. The van der Waals surface area contributed by atoms with Gasteiger partial charge >= 0.3 is 5.97 Å². The molecule has 0 spiro atoms. The number of nitrogens with one attached hydrogen (secondary N) is 1. The van der Waals surface area contributed by atoms with Crippen LogP contribution in [0.1, 0.15) is 23.6 Å². The number of carbonyl (C=O) groups is 2. The minimum Gasteiger partial charge on any atom is -0.496 e. The summed E-state index contributed by atoms with van der Waals surface area (Å²) in [6, 6.07) is 12.9. The van der Waals surface area contributed by atoms with Crippen molar-refractivity contribution in [1.29, 1.82) is 0 Å². The fourth-order valence-electron chi connectivity index (χ4n) is 2.61. The van der Waals surface area contributed by atoms with Crippen molar-refractivity contribution in [3.05, 3.63) is 59.2 Å². The number of esters is 1. The number of benzene rings is 2. The highest BCUT2D eigenvalue weighted by atomic mass is 16.5. The SMILES string of the molecule is COc1cc(CC(=O)O[C@@H](C)C(=O)NCc2ccccc2OC)ccc1C. The van der Waals surface area contributed by atoms with Gasteiger partial charge in [-0.25, -0.2) is 0 Å². The Morgan fingerprint density at radius 1 is 1.04 bits per heavy atom.